The average Bonchev–Trinajstić information content (AvgIpc) is 2.82. The molecule has 2 unspecified atom stereocenters. The van der Waals surface area contributed by atoms with Gasteiger partial charge >= 0.3 is 0 Å². The number of alkyl halides is 1. The number of hydrogen-bond donors (Lipinski definition) is 0. The van der Waals surface area contributed by atoms with Gasteiger partial charge in [0, 0.05) is 25.0 Å². The zero-order valence-electron chi connectivity index (χ0n) is 11.8. The molecule has 3 fully saturated rings. The highest BCUT2D eigenvalue weighted by molar-refractivity contribution is 9.09. The summed E-state index contributed by atoms with van der Waals surface area (Å²) >= 11 is 3.53. The summed E-state index contributed by atoms with van der Waals surface area (Å²) in [6.45, 7) is 4.09. The van der Waals surface area contributed by atoms with E-state index in [1.807, 2.05) is 0 Å². The van der Waals surface area contributed by atoms with Crippen LogP contribution in [0.4, 0.5) is 0 Å². The molecule has 2 saturated heterocycles. The lowest BCUT2D eigenvalue weighted by atomic mass is 9.83. The van der Waals surface area contributed by atoms with Gasteiger partial charge in [-0.1, -0.05) is 35.2 Å². The van der Waals surface area contributed by atoms with Crippen molar-refractivity contribution in [3.8, 4) is 0 Å². The van der Waals surface area contributed by atoms with Gasteiger partial charge in [-0.15, -0.1) is 0 Å². The van der Waals surface area contributed by atoms with Crippen LogP contribution >= 0.6 is 15.9 Å². The third-order valence-electron chi connectivity index (χ3n) is 4.96. The van der Waals surface area contributed by atoms with Crippen LogP contribution in [-0.4, -0.2) is 54.3 Å². The molecule has 19 heavy (non-hydrogen) atoms. The number of nitrogens with zero attached hydrogens (tertiary/aromatic N) is 1. The third-order valence-corrected chi connectivity index (χ3v) is 5.68. The number of halogens is 1. The smallest absolute Gasteiger partial charge is 0.0799 e. The van der Waals surface area contributed by atoms with Crippen molar-refractivity contribution in [2.75, 3.05) is 31.6 Å². The van der Waals surface area contributed by atoms with Gasteiger partial charge in [0.25, 0.3) is 0 Å². The molecule has 2 aliphatic heterocycles. The Labute approximate surface area is 125 Å². The van der Waals surface area contributed by atoms with E-state index in [1.165, 1.54) is 44.9 Å². The molecule has 1 aliphatic carbocycles. The van der Waals surface area contributed by atoms with Gasteiger partial charge in [-0.2, -0.15) is 0 Å². The molecule has 1 spiro atoms. The van der Waals surface area contributed by atoms with Gasteiger partial charge in [-0.25, -0.2) is 0 Å². The molecule has 0 aromatic heterocycles. The summed E-state index contributed by atoms with van der Waals surface area (Å²) in [5.41, 5.74) is 0.268. The van der Waals surface area contributed by atoms with E-state index in [2.05, 4.69) is 20.8 Å². The second kappa shape index (κ2) is 6.42. The van der Waals surface area contributed by atoms with E-state index in [0.717, 1.165) is 31.6 Å². The van der Waals surface area contributed by atoms with Crippen molar-refractivity contribution < 1.29 is 9.47 Å². The Bertz CT molecular complexity index is 294. The first kappa shape index (κ1) is 14.3. The van der Waals surface area contributed by atoms with Gasteiger partial charge in [-0.3, -0.25) is 4.90 Å². The maximum absolute atomic E-state index is 6.47. The number of ether oxygens (including phenoxy) is 2. The fourth-order valence-corrected chi connectivity index (χ4v) is 4.31. The average molecular weight is 332 g/mol. The zero-order valence-corrected chi connectivity index (χ0v) is 13.4. The van der Waals surface area contributed by atoms with Gasteiger partial charge in [0.1, 0.15) is 0 Å². The standard InChI is InChI=1S/C15H26BrNO2/c16-10-14-12-17(8-9-18-14)11-13-4-7-15(19-13)5-2-1-3-6-15/h13-14H,1-12H2. The van der Waals surface area contributed by atoms with Crippen molar-refractivity contribution in [3.05, 3.63) is 0 Å². The Balaban J connectivity index is 1.48. The molecule has 3 aliphatic rings. The lowest BCUT2D eigenvalue weighted by Crippen LogP contribution is -2.46. The van der Waals surface area contributed by atoms with Crippen LogP contribution in [0.15, 0.2) is 0 Å². The minimum Gasteiger partial charge on any atom is -0.375 e. The van der Waals surface area contributed by atoms with Crippen LogP contribution in [0.25, 0.3) is 0 Å². The second-order valence-corrected chi connectivity index (χ2v) is 7.08. The molecule has 0 N–H and O–H groups in total. The molecular weight excluding hydrogens is 306 g/mol. The lowest BCUT2D eigenvalue weighted by molar-refractivity contribution is -0.0849. The zero-order chi connectivity index (χ0) is 13.1. The van der Waals surface area contributed by atoms with Crippen LogP contribution in [0.5, 0.6) is 0 Å². The summed E-state index contributed by atoms with van der Waals surface area (Å²) in [4.78, 5) is 2.53. The highest BCUT2D eigenvalue weighted by Gasteiger charge is 2.41. The quantitative estimate of drug-likeness (QED) is 0.742. The normalized spacial score (nSPS) is 35.8. The third kappa shape index (κ3) is 3.52. The maximum atomic E-state index is 6.47. The summed E-state index contributed by atoms with van der Waals surface area (Å²) in [7, 11) is 0. The number of morpholine rings is 1. The van der Waals surface area contributed by atoms with Crippen LogP contribution in [0.1, 0.15) is 44.9 Å². The molecule has 110 valence electrons. The van der Waals surface area contributed by atoms with E-state index < -0.39 is 0 Å². The highest BCUT2D eigenvalue weighted by Crippen LogP contribution is 2.42. The first-order chi connectivity index (χ1) is 9.30. The predicted octanol–water partition coefficient (Wildman–Crippen LogP) is 2.96. The molecule has 4 heteroatoms. The van der Waals surface area contributed by atoms with Crippen molar-refractivity contribution in [2.45, 2.75) is 62.8 Å². The van der Waals surface area contributed by atoms with E-state index in [0.29, 0.717) is 12.2 Å². The van der Waals surface area contributed by atoms with E-state index in [1.54, 1.807) is 0 Å². The van der Waals surface area contributed by atoms with Crippen molar-refractivity contribution in [1.82, 2.24) is 4.90 Å². The van der Waals surface area contributed by atoms with E-state index >= 15 is 0 Å². The molecule has 0 aromatic carbocycles. The van der Waals surface area contributed by atoms with Crippen molar-refractivity contribution in [3.63, 3.8) is 0 Å². The Morgan fingerprint density at radius 3 is 2.74 bits per heavy atom. The summed E-state index contributed by atoms with van der Waals surface area (Å²) in [6.07, 6.45) is 10.1. The molecule has 3 rings (SSSR count). The molecule has 1 saturated carbocycles. The molecular formula is C15H26BrNO2. The Morgan fingerprint density at radius 2 is 1.95 bits per heavy atom. The van der Waals surface area contributed by atoms with E-state index in [-0.39, 0.29) is 5.60 Å². The highest BCUT2D eigenvalue weighted by atomic mass is 79.9. The maximum Gasteiger partial charge on any atom is 0.0799 e. The summed E-state index contributed by atoms with van der Waals surface area (Å²) in [6, 6.07) is 0. The van der Waals surface area contributed by atoms with Crippen LogP contribution in [0.2, 0.25) is 0 Å². The molecule has 0 bridgehead atoms. The fraction of sp³-hybridized carbons (Fsp3) is 1.00. The van der Waals surface area contributed by atoms with Gasteiger partial charge in [0.2, 0.25) is 0 Å². The predicted molar refractivity (Wildman–Crippen MR) is 79.9 cm³/mol. The fourth-order valence-electron chi connectivity index (χ4n) is 3.92. The van der Waals surface area contributed by atoms with Crippen molar-refractivity contribution in [2.24, 2.45) is 0 Å². The SMILES string of the molecule is BrCC1CN(CC2CCC3(CCCCC3)O2)CCO1. The largest absolute Gasteiger partial charge is 0.375 e. The minimum atomic E-state index is 0.268. The van der Waals surface area contributed by atoms with Gasteiger partial charge < -0.3 is 9.47 Å². The monoisotopic (exact) mass is 331 g/mol. The van der Waals surface area contributed by atoms with Gasteiger partial charge in [0.15, 0.2) is 0 Å². The minimum absolute atomic E-state index is 0.268. The number of hydrogen-bond acceptors (Lipinski definition) is 3. The van der Waals surface area contributed by atoms with E-state index in [9.17, 15) is 0 Å². The van der Waals surface area contributed by atoms with E-state index in [4.69, 9.17) is 9.47 Å². The van der Waals surface area contributed by atoms with Crippen LogP contribution in [0.3, 0.4) is 0 Å². The second-order valence-electron chi connectivity index (χ2n) is 6.43. The molecule has 0 aromatic rings. The number of rotatable bonds is 3. The Kier molecular flexibility index (Phi) is 4.83. The first-order valence-electron chi connectivity index (χ1n) is 7.87. The Morgan fingerprint density at radius 1 is 1.11 bits per heavy atom. The molecule has 0 amide bonds. The van der Waals surface area contributed by atoms with Crippen molar-refractivity contribution in [1.29, 1.82) is 0 Å². The molecule has 2 atom stereocenters. The van der Waals surface area contributed by atoms with Crippen LogP contribution < -0.4 is 0 Å². The Hall–Kier alpha value is 0.360. The molecule has 2 heterocycles. The topological polar surface area (TPSA) is 21.7 Å². The van der Waals surface area contributed by atoms with Crippen molar-refractivity contribution >= 4 is 15.9 Å². The van der Waals surface area contributed by atoms with Gasteiger partial charge in [0.05, 0.1) is 24.4 Å². The van der Waals surface area contributed by atoms with Crippen LogP contribution in [-0.2, 0) is 9.47 Å². The lowest BCUT2D eigenvalue weighted by Gasteiger charge is -2.36. The summed E-state index contributed by atoms with van der Waals surface area (Å²) in [5, 5.41) is 0.943. The van der Waals surface area contributed by atoms with Crippen LogP contribution in [0, 0.1) is 0 Å². The summed E-state index contributed by atoms with van der Waals surface area (Å²) < 4.78 is 12.2. The molecule has 0 radical (unpaired) electrons. The molecule has 3 nitrogen and oxygen atoms in total. The first-order valence-corrected chi connectivity index (χ1v) is 9.00. The summed E-state index contributed by atoms with van der Waals surface area (Å²) in [5.74, 6) is 0. The van der Waals surface area contributed by atoms with Gasteiger partial charge in [-0.05, 0) is 25.7 Å².